The second-order valence-electron chi connectivity index (χ2n) is 4.85. The molecule has 1 atom stereocenters. The number of nitrogens with one attached hydrogen (secondary N) is 1. The summed E-state index contributed by atoms with van der Waals surface area (Å²) in [4.78, 5) is 10.9. The van der Waals surface area contributed by atoms with Gasteiger partial charge >= 0.3 is 0 Å². The van der Waals surface area contributed by atoms with Gasteiger partial charge in [0.25, 0.3) is 0 Å². The minimum atomic E-state index is -3.82. The molecule has 1 aromatic carbocycles. The van der Waals surface area contributed by atoms with Crippen molar-refractivity contribution in [3.05, 3.63) is 22.4 Å². The lowest BCUT2D eigenvalue weighted by molar-refractivity contribution is -0.119. The van der Waals surface area contributed by atoms with E-state index in [1.807, 2.05) is 0 Å². The third-order valence-corrected chi connectivity index (χ3v) is 5.76. The number of hydrogen-bond acceptors (Lipinski definition) is 4. The molecule has 1 aromatic rings. The molecule has 21 heavy (non-hydrogen) atoms. The average molecular weight is 380 g/mol. The molecule has 1 aliphatic rings. The zero-order valence-corrected chi connectivity index (χ0v) is 13.7. The second-order valence-corrected chi connectivity index (χ2v) is 7.61. The van der Waals surface area contributed by atoms with E-state index < -0.39 is 15.8 Å². The van der Waals surface area contributed by atoms with E-state index in [0.29, 0.717) is 6.42 Å². The largest absolute Gasteiger partial charge is 0.398 e. The smallest absolute Gasteiger partial charge is 0.245 e. The Hall–Kier alpha value is -1.19. The average Bonchev–Trinajstić information content (AvgIpc) is 2.81. The molecule has 1 heterocycles. The summed E-state index contributed by atoms with van der Waals surface area (Å²) >= 11 is 2.96. The number of benzene rings is 1. The highest BCUT2D eigenvalue weighted by molar-refractivity contribution is 9.10. The quantitative estimate of drug-likeness (QED) is 0.768. The van der Waals surface area contributed by atoms with Gasteiger partial charge in [-0.05, 0) is 34.5 Å². The number of nitrogen functional groups attached to an aromatic ring is 1. The molecule has 1 aliphatic heterocycles. The molecule has 116 valence electrons. The van der Waals surface area contributed by atoms with Gasteiger partial charge in [0, 0.05) is 26.1 Å². The van der Waals surface area contributed by atoms with Gasteiger partial charge in [-0.2, -0.15) is 4.31 Å². The first-order valence-corrected chi connectivity index (χ1v) is 8.47. The number of carbonyl (C=O) groups is 1. The summed E-state index contributed by atoms with van der Waals surface area (Å²) in [7, 11) is -3.82. The molecular weight excluding hydrogens is 365 g/mol. The fourth-order valence-corrected chi connectivity index (χ4v) is 4.38. The van der Waals surface area contributed by atoms with Crippen LogP contribution in [-0.4, -0.2) is 37.8 Å². The molecule has 1 amide bonds. The van der Waals surface area contributed by atoms with Crippen molar-refractivity contribution in [1.29, 1.82) is 0 Å². The predicted octanol–water partition coefficient (Wildman–Crippen LogP) is 1.07. The van der Waals surface area contributed by atoms with Crippen LogP contribution < -0.4 is 11.1 Å². The molecule has 0 spiro atoms. The molecule has 1 fully saturated rings. The first-order chi connectivity index (χ1) is 9.71. The maximum absolute atomic E-state index is 13.3. The molecule has 3 N–H and O–H groups in total. The molecule has 2 rings (SSSR count). The molecule has 1 unspecified atom stereocenters. The van der Waals surface area contributed by atoms with Gasteiger partial charge < -0.3 is 11.1 Å². The van der Waals surface area contributed by atoms with Gasteiger partial charge in [-0.25, -0.2) is 12.8 Å². The maximum Gasteiger partial charge on any atom is 0.245 e. The van der Waals surface area contributed by atoms with Gasteiger partial charge in [-0.15, -0.1) is 0 Å². The highest BCUT2D eigenvalue weighted by atomic mass is 79.9. The molecule has 0 aliphatic carbocycles. The van der Waals surface area contributed by atoms with Crippen molar-refractivity contribution in [1.82, 2.24) is 9.62 Å². The lowest BCUT2D eigenvalue weighted by Gasteiger charge is -2.18. The van der Waals surface area contributed by atoms with E-state index in [1.165, 1.54) is 11.2 Å². The van der Waals surface area contributed by atoms with Crippen molar-refractivity contribution in [3.63, 3.8) is 0 Å². The fourth-order valence-electron chi connectivity index (χ4n) is 2.26. The van der Waals surface area contributed by atoms with Crippen LogP contribution in [-0.2, 0) is 14.8 Å². The van der Waals surface area contributed by atoms with E-state index in [-0.39, 0.29) is 40.1 Å². The summed E-state index contributed by atoms with van der Waals surface area (Å²) in [5.74, 6) is -0.827. The number of rotatable bonds is 3. The third kappa shape index (κ3) is 3.35. The summed E-state index contributed by atoms with van der Waals surface area (Å²) in [6.45, 7) is 1.84. The van der Waals surface area contributed by atoms with Crippen LogP contribution in [0, 0.1) is 5.82 Å². The molecule has 0 bridgehead atoms. The van der Waals surface area contributed by atoms with E-state index in [9.17, 15) is 17.6 Å². The van der Waals surface area contributed by atoms with Gasteiger partial charge in [-0.3, -0.25) is 4.79 Å². The number of nitrogens with zero attached hydrogens (tertiary/aromatic N) is 1. The van der Waals surface area contributed by atoms with Gasteiger partial charge in [0.1, 0.15) is 10.7 Å². The van der Waals surface area contributed by atoms with Gasteiger partial charge in [0.05, 0.1) is 10.2 Å². The van der Waals surface area contributed by atoms with E-state index in [4.69, 9.17) is 5.73 Å². The van der Waals surface area contributed by atoms with Gasteiger partial charge in [0.2, 0.25) is 15.9 Å². The Bertz CT molecular complexity index is 681. The fraction of sp³-hybridized carbons (Fsp3) is 0.417. The lowest BCUT2D eigenvalue weighted by atomic mass is 10.3. The molecule has 0 saturated carbocycles. The number of halogens is 2. The van der Waals surface area contributed by atoms with E-state index in [0.717, 1.165) is 12.1 Å². The Balaban J connectivity index is 2.28. The Morgan fingerprint density at radius 3 is 2.81 bits per heavy atom. The maximum atomic E-state index is 13.3. The van der Waals surface area contributed by atoms with Crippen LogP contribution in [0.5, 0.6) is 0 Å². The number of sulfonamides is 1. The molecule has 6 nitrogen and oxygen atoms in total. The number of anilines is 1. The molecular formula is C12H15BrFN3O3S. The van der Waals surface area contributed by atoms with Crippen molar-refractivity contribution < 1.29 is 17.6 Å². The number of hydrogen-bond donors (Lipinski definition) is 2. The monoisotopic (exact) mass is 379 g/mol. The number of nitrogens with two attached hydrogens (primary N) is 1. The van der Waals surface area contributed by atoms with Crippen LogP contribution >= 0.6 is 15.9 Å². The van der Waals surface area contributed by atoms with Crippen LogP contribution in [0.3, 0.4) is 0 Å². The molecule has 0 aromatic heterocycles. The van der Waals surface area contributed by atoms with Crippen LogP contribution in [0.2, 0.25) is 0 Å². The van der Waals surface area contributed by atoms with E-state index in [1.54, 1.807) is 0 Å². The summed E-state index contributed by atoms with van der Waals surface area (Å²) in [5.41, 5.74) is 5.48. The van der Waals surface area contributed by atoms with Gasteiger partial charge in [-0.1, -0.05) is 0 Å². The minimum Gasteiger partial charge on any atom is -0.398 e. The highest BCUT2D eigenvalue weighted by Gasteiger charge is 2.34. The van der Waals surface area contributed by atoms with E-state index >= 15 is 0 Å². The minimum absolute atomic E-state index is 0.0351. The first-order valence-electron chi connectivity index (χ1n) is 6.23. The predicted molar refractivity (Wildman–Crippen MR) is 79.5 cm³/mol. The molecule has 9 heteroatoms. The van der Waals surface area contributed by atoms with Crippen LogP contribution in [0.25, 0.3) is 0 Å². The molecule has 0 radical (unpaired) electrons. The van der Waals surface area contributed by atoms with Crippen molar-refractivity contribution in [3.8, 4) is 0 Å². The highest BCUT2D eigenvalue weighted by Crippen LogP contribution is 2.30. The van der Waals surface area contributed by atoms with Crippen molar-refractivity contribution in [2.45, 2.75) is 24.3 Å². The third-order valence-electron chi connectivity index (χ3n) is 3.23. The zero-order chi connectivity index (χ0) is 15.8. The SMILES string of the molecule is CC(=O)NC1CCN(S(=O)(=O)c2cc(Br)c(F)cc2N)C1. The van der Waals surface area contributed by atoms with Crippen LogP contribution in [0.1, 0.15) is 13.3 Å². The first kappa shape index (κ1) is 16.2. The topological polar surface area (TPSA) is 92.5 Å². The number of carbonyl (C=O) groups excluding carboxylic acids is 1. The second kappa shape index (κ2) is 5.90. The Morgan fingerprint density at radius 1 is 1.52 bits per heavy atom. The zero-order valence-electron chi connectivity index (χ0n) is 11.3. The molecule has 1 saturated heterocycles. The number of amides is 1. The lowest BCUT2D eigenvalue weighted by Crippen LogP contribution is -2.37. The van der Waals surface area contributed by atoms with Crippen molar-refractivity contribution in [2.75, 3.05) is 18.8 Å². The van der Waals surface area contributed by atoms with Gasteiger partial charge in [0.15, 0.2) is 0 Å². The summed E-state index contributed by atoms with van der Waals surface area (Å²) in [5, 5.41) is 2.68. The Labute approximate surface area is 130 Å². The Kier molecular flexibility index (Phi) is 4.54. The van der Waals surface area contributed by atoms with E-state index in [2.05, 4.69) is 21.2 Å². The summed E-state index contributed by atoms with van der Waals surface area (Å²) in [6.07, 6.45) is 0.529. The standard InChI is InChI=1S/C12H15BrFN3O3S/c1-7(18)16-8-2-3-17(6-8)21(19,20)12-4-9(13)10(14)5-11(12)15/h4-5,8H,2-3,6,15H2,1H3,(H,16,18). The van der Waals surface area contributed by atoms with Crippen LogP contribution in [0.4, 0.5) is 10.1 Å². The Morgan fingerprint density at radius 2 is 2.19 bits per heavy atom. The van der Waals surface area contributed by atoms with Crippen molar-refractivity contribution >= 4 is 37.5 Å². The normalized spacial score (nSPS) is 19.7. The summed E-state index contributed by atoms with van der Waals surface area (Å²) < 4.78 is 39.7. The van der Waals surface area contributed by atoms with Crippen molar-refractivity contribution in [2.24, 2.45) is 0 Å². The van der Waals surface area contributed by atoms with Crippen LogP contribution in [0.15, 0.2) is 21.5 Å². The summed E-state index contributed by atoms with van der Waals surface area (Å²) in [6, 6.07) is 1.91.